The average Bonchev–Trinajstić information content (AvgIpc) is 2.80. The highest BCUT2D eigenvalue weighted by molar-refractivity contribution is 5.82. The average molecular weight is 371 g/mol. The topological polar surface area (TPSA) is 0 Å². The molecule has 0 heteroatoms. The Morgan fingerprint density at radius 1 is 0.821 bits per heavy atom. The van der Waals surface area contributed by atoms with Crippen molar-refractivity contribution in [2.24, 2.45) is 5.41 Å². The van der Waals surface area contributed by atoms with Crippen molar-refractivity contribution in [3.8, 4) is 11.1 Å². The normalized spacial score (nSPS) is 22.6. The van der Waals surface area contributed by atoms with Crippen molar-refractivity contribution in [1.82, 2.24) is 0 Å². The Hall–Kier alpha value is -2.08. The predicted octanol–water partition coefficient (Wildman–Crippen LogP) is 7.80. The summed E-state index contributed by atoms with van der Waals surface area (Å²) in [6.07, 6.45) is 8.01. The van der Waals surface area contributed by atoms with Crippen LogP contribution >= 0.6 is 0 Å². The minimum Gasteiger partial charge on any atom is -0.0833 e. The van der Waals surface area contributed by atoms with Gasteiger partial charge in [0.1, 0.15) is 0 Å². The van der Waals surface area contributed by atoms with Gasteiger partial charge in [-0.1, -0.05) is 101 Å². The van der Waals surface area contributed by atoms with Crippen molar-refractivity contribution >= 4 is 0 Å². The molecule has 0 aromatic heterocycles. The molecule has 0 spiro atoms. The van der Waals surface area contributed by atoms with Gasteiger partial charge in [-0.2, -0.15) is 0 Å². The van der Waals surface area contributed by atoms with E-state index in [9.17, 15) is 0 Å². The quantitative estimate of drug-likeness (QED) is 0.480. The number of rotatable bonds is 1. The van der Waals surface area contributed by atoms with Crippen molar-refractivity contribution in [3.05, 3.63) is 82.0 Å². The standard InChI is InChI=1S/C28H34/c1-18-12-13-20-21-16-19(2)22(17-24(21)27(6,7)23(20)15-18)28(8)14-10-9-11-25(28)26(3,4)5/h9-13,15-17H,14H2,1-8H3. The summed E-state index contributed by atoms with van der Waals surface area (Å²) in [5.41, 5.74) is 11.8. The van der Waals surface area contributed by atoms with E-state index < -0.39 is 0 Å². The highest BCUT2D eigenvalue weighted by Gasteiger charge is 2.41. The molecule has 2 aliphatic carbocycles. The van der Waals surface area contributed by atoms with Crippen LogP contribution in [0.25, 0.3) is 11.1 Å². The second-order valence-electron chi connectivity index (χ2n) is 10.7. The maximum Gasteiger partial charge on any atom is 0.0179 e. The van der Waals surface area contributed by atoms with Gasteiger partial charge >= 0.3 is 0 Å². The van der Waals surface area contributed by atoms with Crippen LogP contribution in [0.5, 0.6) is 0 Å². The fourth-order valence-electron chi connectivity index (χ4n) is 5.69. The first-order valence-corrected chi connectivity index (χ1v) is 10.6. The monoisotopic (exact) mass is 370 g/mol. The van der Waals surface area contributed by atoms with Crippen molar-refractivity contribution in [3.63, 3.8) is 0 Å². The van der Waals surface area contributed by atoms with Crippen molar-refractivity contribution < 1.29 is 0 Å². The Balaban J connectivity index is 1.95. The van der Waals surface area contributed by atoms with Gasteiger partial charge in [0.25, 0.3) is 0 Å². The van der Waals surface area contributed by atoms with E-state index in [-0.39, 0.29) is 16.2 Å². The molecule has 0 aliphatic heterocycles. The first kappa shape index (κ1) is 19.2. The van der Waals surface area contributed by atoms with E-state index in [1.54, 1.807) is 0 Å². The van der Waals surface area contributed by atoms with Crippen LogP contribution < -0.4 is 0 Å². The molecular weight excluding hydrogens is 336 g/mol. The molecule has 0 fully saturated rings. The Kier molecular flexibility index (Phi) is 4.10. The Morgan fingerprint density at radius 2 is 1.50 bits per heavy atom. The molecule has 0 amide bonds. The number of hydrogen-bond acceptors (Lipinski definition) is 0. The maximum absolute atomic E-state index is 2.54. The van der Waals surface area contributed by atoms with Crippen LogP contribution in [0, 0.1) is 19.3 Å². The zero-order valence-corrected chi connectivity index (χ0v) is 18.8. The molecule has 28 heavy (non-hydrogen) atoms. The van der Waals surface area contributed by atoms with Crippen LogP contribution in [-0.4, -0.2) is 0 Å². The summed E-state index contributed by atoms with van der Waals surface area (Å²) in [5.74, 6) is 0. The first-order chi connectivity index (χ1) is 13.0. The number of aryl methyl sites for hydroxylation is 2. The van der Waals surface area contributed by atoms with E-state index in [2.05, 4.69) is 104 Å². The molecule has 0 bridgehead atoms. The van der Waals surface area contributed by atoms with E-state index in [1.807, 2.05) is 0 Å². The summed E-state index contributed by atoms with van der Waals surface area (Å²) in [5, 5.41) is 0. The summed E-state index contributed by atoms with van der Waals surface area (Å²) in [6, 6.07) is 12.0. The lowest BCUT2D eigenvalue weighted by Gasteiger charge is -2.42. The third kappa shape index (κ3) is 2.65. The van der Waals surface area contributed by atoms with Gasteiger partial charge in [0, 0.05) is 10.8 Å². The Labute approximate surface area is 171 Å². The summed E-state index contributed by atoms with van der Waals surface area (Å²) >= 11 is 0. The molecule has 0 saturated carbocycles. The van der Waals surface area contributed by atoms with E-state index in [0.29, 0.717) is 0 Å². The van der Waals surface area contributed by atoms with Gasteiger partial charge in [0.2, 0.25) is 0 Å². The van der Waals surface area contributed by atoms with Gasteiger partial charge in [0.15, 0.2) is 0 Å². The number of hydrogen-bond donors (Lipinski definition) is 0. The third-order valence-electron chi connectivity index (χ3n) is 7.10. The summed E-state index contributed by atoms with van der Waals surface area (Å²) < 4.78 is 0. The van der Waals surface area contributed by atoms with Gasteiger partial charge < -0.3 is 0 Å². The number of benzene rings is 2. The van der Waals surface area contributed by atoms with Crippen LogP contribution in [0.2, 0.25) is 0 Å². The third-order valence-corrected chi connectivity index (χ3v) is 7.10. The molecule has 0 heterocycles. The highest BCUT2D eigenvalue weighted by atomic mass is 14.4. The first-order valence-electron chi connectivity index (χ1n) is 10.6. The van der Waals surface area contributed by atoms with Gasteiger partial charge in [-0.3, -0.25) is 0 Å². The lowest BCUT2D eigenvalue weighted by Crippen LogP contribution is -2.34. The molecule has 0 nitrogen and oxygen atoms in total. The highest BCUT2D eigenvalue weighted by Crippen LogP contribution is 2.53. The van der Waals surface area contributed by atoms with Gasteiger partial charge in [-0.25, -0.2) is 0 Å². The largest absolute Gasteiger partial charge is 0.0833 e. The molecule has 2 aliphatic rings. The van der Waals surface area contributed by atoms with Crippen molar-refractivity contribution in [1.29, 1.82) is 0 Å². The second-order valence-corrected chi connectivity index (χ2v) is 10.7. The predicted molar refractivity (Wildman–Crippen MR) is 122 cm³/mol. The second kappa shape index (κ2) is 5.96. The van der Waals surface area contributed by atoms with E-state index in [4.69, 9.17) is 0 Å². The molecule has 0 N–H and O–H groups in total. The Bertz CT molecular complexity index is 1020. The van der Waals surface area contributed by atoms with Crippen LogP contribution in [0.1, 0.15) is 75.8 Å². The molecule has 1 unspecified atom stereocenters. The lowest BCUT2D eigenvalue weighted by atomic mass is 9.62. The number of fused-ring (bicyclic) bond motifs is 3. The van der Waals surface area contributed by atoms with Gasteiger partial charge in [0.05, 0.1) is 0 Å². The van der Waals surface area contributed by atoms with E-state index >= 15 is 0 Å². The molecule has 4 rings (SSSR count). The van der Waals surface area contributed by atoms with Crippen LogP contribution in [-0.2, 0) is 10.8 Å². The fraction of sp³-hybridized carbons (Fsp3) is 0.429. The Morgan fingerprint density at radius 3 is 2.18 bits per heavy atom. The van der Waals surface area contributed by atoms with Crippen LogP contribution in [0.4, 0.5) is 0 Å². The van der Waals surface area contributed by atoms with E-state index in [0.717, 1.165) is 6.42 Å². The minimum atomic E-state index is 0.0472. The van der Waals surface area contributed by atoms with Crippen molar-refractivity contribution in [2.45, 2.75) is 72.6 Å². The SMILES string of the molecule is Cc1ccc2c(c1)C(C)(C)c1cc(C3(C)CC=CC=C3C(C)(C)C)c(C)cc1-2. The molecular formula is C28H34. The van der Waals surface area contributed by atoms with Crippen molar-refractivity contribution in [2.75, 3.05) is 0 Å². The van der Waals surface area contributed by atoms with E-state index in [1.165, 1.54) is 44.5 Å². The minimum absolute atomic E-state index is 0.0472. The molecule has 2 aromatic carbocycles. The molecule has 0 radical (unpaired) electrons. The lowest BCUT2D eigenvalue weighted by molar-refractivity contribution is 0.391. The molecule has 0 saturated heterocycles. The zero-order valence-electron chi connectivity index (χ0n) is 18.8. The van der Waals surface area contributed by atoms with Gasteiger partial charge in [-0.05, 0) is 59.1 Å². The van der Waals surface area contributed by atoms with Crippen LogP contribution in [0.15, 0.2) is 54.1 Å². The van der Waals surface area contributed by atoms with Gasteiger partial charge in [-0.15, -0.1) is 0 Å². The maximum atomic E-state index is 2.54. The summed E-state index contributed by atoms with van der Waals surface area (Å²) in [4.78, 5) is 0. The number of allylic oxidation sites excluding steroid dienone is 4. The molecule has 146 valence electrons. The summed E-state index contributed by atoms with van der Waals surface area (Å²) in [6.45, 7) is 18.8. The fourth-order valence-corrected chi connectivity index (χ4v) is 5.69. The molecule has 1 atom stereocenters. The zero-order chi connectivity index (χ0) is 20.5. The molecule has 2 aromatic rings. The smallest absolute Gasteiger partial charge is 0.0179 e. The summed E-state index contributed by atoms with van der Waals surface area (Å²) in [7, 11) is 0. The van der Waals surface area contributed by atoms with Crippen LogP contribution in [0.3, 0.4) is 0 Å².